The molecule has 1 unspecified atom stereocenters. The highest BCUT2D eigenvalue weighted by molar-refractivity contribution is 5.03. The van der Waals surface area contributed by atoms with Gasteiger partial charge < -0.3 is 0 Å². The third kappa shape index (κ3) is 3.00. The molecular weight excluding hydrogens is 144 g/mol. The average molecular weight is 165 g/mol. The molecule has 0 heteroatoms. The van der Waals surface area contributed by atoms with E-state index in [1.54, 1.807) is 5.92 Å². The van der Waals surface area contributed by atoms with Gasteiger partial charge in [0.05, 0.1) is 0 Å². The first-order chi connectivity index (χ1) is 5.84. The van der Waals surface area contributed by atoms with E-state index in [0.717, 1.165) is 5.92 Å². The zero-order valence-electron chi connectivity index (χ0n) is 8.47. The summed E-state index contributed by atoms with van der Waals surface area (Å²) < 4.78 is 0. The van der Waals surface area contributed by atoms with Crippen molar-refractivity contribution in [3.63, 3.8) is 0 Å². The zero-order valence-corrected chi connectivity index (χ0v) is 8.47. The van der Waals surface area contributed by atoms with Gasteiger partial charge in [-0.2, -0.15) is 0 Å². The Hall–Kier alpha value is -0.260. The van der Waals surface area contributed by atoms with E-state index in [0.29, 0.717) is 0 Å². The Bertz CT molecular complexity index is 135. The SMILES string of the molecule is CC[C](C)C1/C=C\CCCCC1. The molecule has 0 aromatic rings. The lowest BCUT2D eigenvalue weighted by Crippen LogP contribution is -2.07. The summed E-state index contributed by atoms with van der Waals surface area (Å²) in [6.07, 6.45) is 13.0. The highest BCUT2D eigenvalue weighted by atomic mass is 14.2. The molecule has 0 aromatic heterocycles. The Morgan fingerprint density at radius 1 is 1.33 bits per heavy atom. The quantitative estimate of drug-likeness (QED) is 0.540. The summed E-state index contributed by atoms with van der Waals surface area (Å²) in [4.78, 5) is 0. The van der Waals surface area contributed by atoms with E-state index >= 15 is 0 Å². The Labute approximate surface area is 77.1 Å². The van der Waals surface area contributed by atoms with Crippen LogP contribution in [0.3, 0.4) is 0 Å². The van der Waals surface area contributed by atoms with Gasteiger partial charge in [-0.05, 0) is 37.5 Å². The fourth-order valence-electron chi connectivity index (χ4n) is 1.83. The number of allylic oxidation sites excluding steroid dienone is 2. The maximum atomic E-state index is 2.43. The maximum Gasteiger partial charge on any atom is -0.0174 e. The molecule has 0 amide bonds. The third-order valence-electron chi connectivity index (χ3n) is 2.94. The smallest absolute Gasteiger partial charge is 0.0174 e. The lowest BCUT2D eigenvalue weighted by atomic mass is 9.85. The fourth-order valence-corrected chi connectivity index (χ4v) is 1.83. The topological polar surface area (TPSA) is 0 Å². The number of hydrogen-bond donors (Lipinski definition) is 0. The predicted octanol–water partition coefficient (Wildman–Crippen LogP) is 4.13. The van der Waals surface area contributed by atoms with Crippen molar-refractivity contribution in [3.8, 4) is 0 Å². The van der Waals surface area contributed by atoms with E-state index in [-0.39, 0.29) is 0 Å². The molecule has 0 nitrogen and oxygen atoms in total. The largest absolute Gasteiger partial charge is 0.0882 e. The first-order valence-corrected chi connectivity index (χ1v) is 5.33. The highest BCUT2D eigenvalue weighted by Gasteiger charge is 2.13. The van der Waals surface area contributed by atoms with Crippen LogP contribution in [0.1, 0.15) is 52.4 Å². The van der Waals surface area contributed by atoms with Crippen LogP contribution in [0.5, 0.6) is 0 Å². The summed E-state index contributed by atoms with van der Waals surface area (Å²) in [6.45, 7) is 4.57. The monoisotopic (exact) mass is 165 g/mol. The van der Waals surface area contributed by atoms with Crippen molar-refractivity contribution in [1.29, 1.82) is 0 Å². The highest BCUT2D eigenvalue weighted by Crippen LogP contribution is 2.26. The van der Waals surface area contributed by atoms with E-state index in [1.165, 1.54) is 38.5 Å². The Morgan fingerprint density at radius 2 is 2.17 bits per heavy atom. The molecule has 1 aliphatic rings. The van der Waals surface area contributed by atoms with Gasteiger partial charge in [0.25, 0.3) is 0 Å². The van der Waals surface area contributed by atoms with Gasteiger partial charge in [0, 0.05) is 0 Å². The molecule has 1 atom stereocenters. The van der Waals surface area contributed by atoms with Crippen LogP contribution in [0, 0.1) is 11.8 Å². The fraction of sp³-hybridized carbons (Fsp3) is 0.750. The summed E-state index contributed by atoms with van der Waals surface area (Å²) >= 11 is 0. The van der Waals surface area contributed by atoms with Gasteiger partial charge in [-0.25, -0.2) is 0 Å². The van der Waals surface area contributed by atoms with Gasteiger partial charge in [0.15, 0.2) is 0 Å². The summed E-state index contributed by atoms with van der Waals surface area (Å²) in [5, 5.41) is 0. The van der Waals surface area contributed by atoms with Gasteiger partial charge in [0.2, 0.25) is 0 Å². The van der Waals surface area contributed by atoms with Crippen molar-refractivity contribution in [2.45, 2.75) is 52.4 Å². The minimum Gasteiger partial charge on any atom is -0.0882 e. The molecule has 0 heterocycles. The van der Waals surface area contributed by atoms with Crippen LogP contribution >= 0.6 is 0 Å². The van der Waals surface area contributed by atoms with Crippen LogP contribution in [0.15, 0.2) is 12.2 Å². The van der Waals surface area contributed by atoms with E-state index < -0.39 is 0 Å². The standard InChI is InChI=1S/C12H21/c1-3-11(2)12-9-7-5-4-6-8-10-12/h7,9,12H,3-6,8,10H2,1-2H3/b9-7-. The van der Waals surface area contributed by atoms with Crippen LogP contribution < -0.4 is 0 Å². The first kappa shape index (κ1) is 9.83. The molecule has 0 saturated carbocycles. The molecule has 0 saturated heterocycles. The molecule has 0 spiro atoms. The van der Waals surface area contributed by atoms with Crippen LogP contribution in [-0.2, 0) is 0 Å². The van der Waals surface area contributed by atoms with Crippen molar-refractivity contribution < 1.29 is 0 Å². The molecule has 1 rings (SSSR count). The normalized spacial score (nSPS) is 28.1. The number of rotatable bonds is 2. The summed E-state index contributed by atoms with van der Waals surface area (Å²) in [7, 11) is 0. The molecule has 0 N–H and O–H groups in total. The molecule has 0 bridgehead atoms. The van der Waals surface area contributed by atoms with Gasteiger partial charge in [-0.1, -0.05) is 38.8 Å². The van der Waals surface area contributed by atoms with Crippen molar-refractivity contribution >= 4 is 0 Å². The lowest BCUT2D eigenvalue weighted by Gasteiger charge is -2.20. The second-order valence-corrected chi connectivity index (χ2v) is 3.87. The molecule has 0 aliphatic heterocycles. The van der Waals surface area contributed by atoms with Gasteiger partial charge in [0.1, 0.15) is 0 Å². The number of hydrogen-bond acceptors (Lipinski definition) is 0. The zero-order chi connectivity index (χ0) is 8.81. The van der Waals surface area contributed by atoms with Crippen molar-refractivity contribution in [2.75, 3.05) is 0 Å². The van der Waals surface area contributed by atoms with E-state index in [4.69, 9.17) is 0 Å². The van der Waals surface area contributed by atoms with Gasteiger partial charge >= 0.3 is 0 Å². The molecule has 0 fully saturated rings. The average Bonchev–Trinajstić information content (AvgIpc) is 2.02. The molecular formula is C12H21. The second kappa shape index (κ2) is 5.40. The molecule has 12 heavy (non-hydrogen) atoms. The van der Waals surface area contributed by atoms with Crippen LogP contribution in [0.2, 0.25) is 0 Å². The second-order valence-electron chi connectivity index (χ2n) is 3.87. The maximum absolute atomic E-state index is 2.43. The minimum atomic E-state index is 0.787. The Balaban J connectivity index is 2.43. The Kier molecular flexibility index (Phi) is 4.42. The minimum absolute atomic E-state index is 0.787. The molecule has 1 radical (unpaired) electrons. The first-order valence-electron chi connectivity index (χ1n) is 5.33. The Morgan fingerprint density at radius 3 is 2.92 bits per heavy atom. The van der Waals surface area contributed by atoms with Gasteiger partial charge in [-0.15, -0.1) is 0 Å². The summed E-state index contributed by atoms with van der Waals surface area (Å²) in [5.41, 5.74) is 0. The van der Waals surface area contributed by atoms with E-state index in [9.17, 15) is 0 Å². The summed E-state index contributed by atoms with van der Waals surface area (Å²) in [6, 6.07) is 0. The third-order valence-corrected chi connectivity index (χ3v) is 2.94. The van der Waals surface area contributed by atoms with Crippen LogP contribution in [0.4, 0.5) is 0 Å². The molecule has 1 aliphatic carbocycles. The van der Waals surface area contributed by atoms with Crippen LogP contribution in [-0.4, -0.2) is 0 Å². The molecule has 0 aromatic carbocycles. The lowest BCUT2D eigenvalue weighted by molar-refractivity contribution is 0.516. The van der Waals surface area contributed by atoms with Crippen molar-refractivity contribution in [2.24, 2.45) is 5.92 Å². The van der Waals surface area contributed by atoms with Crippen molar-refractivity contribution in [1.82, 2.24) is 0 Å². The van der Waals surface area contributed by atoms with Gasteiger partial charge in [-0.3, -0.25) is 0 Å². The summed E-state index contributed by atoms with van der Waals surface area (Å²) in [5.74, 6) is 2.45. The van der Waals surface area contributed by atoms with Crippen molar-refractivity contribution in [3.05, 3.63) is 18.1 Å². The van der Waals surface area contributed by atoms with E-state index in [2.05, 4.69) is 26.0 Å². The van der Waals surface area contributed by atoms with E-state index in [1.807, 2.05) is 0 Å². The molecule has 69 valence electrons. The predicted molar refractivity (Wildman–Crippen MR) is 54.9 cm³/mol. The van der Waals surface area contributed by atoms with Crippen LogP contribution in [0.25, 0.3) is 0 Å².